The fraction of sp³-hybridized carbons (Fsp3) is 0.111. The van der Waals surface area contributed by atoms with Gasteiger partial charge in [-0.15, -0.1) is 0 Å². The zero-order chi connectivity index (χ0) is 18.0. The summed E-state index contributed by atoms with van der Waals surface area (Å²) < 4.78 is 29.4. The number of imidazole rings is 1. The minimum atomic E-state index is -0.434. The lowest BCUT2D eigenvalue weighted by Gasteiger charge is -2.10. The van der Waals surface area contributed by atoms with Gasteiger partial charge >= 0.3 is 0 Å². The Balaban J connectivity index is 1.72. The molecule has 0 aliphatic carbocycles. The molecular weight excluding hydrogens is 392 g/mol. The first-order valence-electron chi connectivity index (χ1n) is 7.47. The predicted octanol–water partition coefficient (Wildman–Crippen LogP) is 4.15. The third kappa shape index (κ3) is 3.76. The Morgan fingerprint density at radius 3 is 2.68 bits per heavy atom. The van der Waals surface area contributed by atoms with Crippen molar-refractivity contribution in [1.29, 1.82) is 0 Å². The fourth-order valence-electron chi connectivity index (χ4n) is 2.44. The summed E-state index contributed by atoms with van der Waals surface area (Å²) >= 11 is 3.15. The Morgan fingerprint density at radius 1 is 1.24 bits per heavy atom. The summed E-state index contributed by atoms with van der Waals surface area (Å²) in [5.41, 5.74) is 1.32. The van der Waals surface area contributed by atoms with Gasteiger partial charge < -0.3 is 9.88 Å². The van der Waals surface area contributed by atoms with Gasteiger partial charge in [0.15, 0.2) is 0 Å². The lowest BCUT2D eigenvalue weighted by molar-refractivity contribution is 0.0950. The molecule has 0 saturated heterocycles. The summed E-state index contributed by atoms with van der Waals surface area (Å²) in [7, 11) is 0. The van der Waals surface area contributed by atoms with Crippen LogP contribution in [0, 0.1) is 18.6 Å². The molecule has 3 aromatic rings. The molecule has 0 bridgehead atoms. The van der Waals surface area contributed by atoms with Gasteiger partial charge in [0.25, 0.3) is 5.91 Å². The average Bonchev–Trinajstić information content (AvgIpc) is 2.98. The van der Waals surface area contributed by atoms with E-state index in [1.54, 1.807) is 36.0 Å². The van der Waals surface area contributed by atoms with Gasteiger partial charge in [-0.05, 0) is 58.7 Å². The summed E-state index contributed by atoms with van der Waals surface area (Å²) in [5.74, 6) is -0.533. The number of benzene rings is 2. The Bertz CT molecular complexity index is 940. The molecule has 0 unspecified atom stereocenters. The molecule has 0 saturated carbocycles. The van der Waals surface area contributed by atoms with Crippen LogP contribution in [-0.4, -0.2) is 15.5 Å². The molecule has 0 spiro atoms. The van der Waals surface area contributed by atoms with Crippen LogP contribution in [-0.2, 0) is 6.54 Å². The third-order valence-electron chi connectivity index (χ3n) is 3.73. The Labute approximate surface area is 151 Å². The van der Waals surface area contributed by atoms with E-state index < -0.39 is 11.6 Å². The number of nitrogens with zero attached hydrogens (tertiary/aromatic N) is 2. The van der Waals surface area contributed by atoms with E-state index in [0.717, 1.165) is 0 Å². The molecule has 0 fully saturated rings. The average molecular weight is 406 g/mol. The first kappa shape index (κ1) is 17.3. The van der Waals surface area contributed by atoms with Crippen molar-refractivity contribution in [3.63, 3.8) is 0 Å². The highest BCUT2D eigenvalue weighted by Crippen LogP contribution is 2.19. The molecule has 3 rings (SSSR count). The Morgan fingerprint density at radius 2 is 2.04 bits per heavy atom. The van der Waals surface area contributed by atoms with Crippen LogP contribution < -0.4 is 5.32 Å². The van der Waals surface area contributed by atoms with Crippen molar-refractivity contribution < 1.29 is 13.6 Å². The maximum absolute atomic E-state index is 14.3. The topological polar surface area (TPSA) is 46.9 Å². The number of hydrogen-bond acceptors (Lipinski definition) is 2. The molecule has 25 heavy (non-hydrogen) atoms. The molecule has 128 valence electrons. The number of aromatic nitrogens is 2. The first-order chi connectivity index (χ1) is 12.0. The molecule has 0 aliphatic rings. The second-order valence-electron chi connectivity index (χ2n) is 5.44. The van der Waals surface area contributed by atoms with Gasteiger partial charge in [0.05, 0.1) is 11.3 Å². The molecule has 0 radical (unpaired) electrons. The van der Waals surface area contributed by atoms with Crippen molar-refractivity contribution in [2.75, 3.05) is 0 Å². The third-order valence-corrected chi connectivity index (χ3v) is 4.38. The largest absolute Gasteiger partial charge is 0.348 e. The van der Waals surface area contributed by atoms with Crippen LogP contribution in [0.25, 0.3) is 5.69 Å². The number of carbonyl (C=O) groups excluding carboxylic acids is 1. The number of carbonyl (C=O) groups is 1. The molecule has 1 N–H and O–H groups in total. The van der Waals surface area contributed by atoms with Gasteiger partial charge in [-0.2, -0.15) is 0 Å². The lowest BCUT2D eigenvalue weighted by atomic mass is 10.1. The molecule has 0 atom stereocenters. The van der Waals surface area contributed by atoms with Crippen LogP contribution in [0.3, 0.4) is 0 Å². The van der Waals surface area contributed by atoms with Gasteiger partial charge in [0, 0.05) is 23.4 Å². The fourth-order valence-corrected chi connectivity index (χ4v) is 2.97. The van der Waals surface area contributed by atoms with Crippen LogP contribution in [0.4, 0.5) is 8.78 Å². The summed E-state index contributed by atoms with van der Waals surface area (Å²) in [6, 6.07) is 8.56. The highest BCUT2D eigenvalue weighted by atomic mass is 79.9. The van der Waals surface area contributed by atoms with E-state index in [4.69, 9.17) is 0 Å². The van der Waals surface area contributed by atoms with E-state index in [-0.39, 0.29) is 12.5 Å². The maximum Gasteiger partial charge on any atom is 0.252 e. The number of aryl methyl sites for hydroxylation is 1. The maximum atomic E-state index is 14.3. The monoisotopic (exact) mass is 405 g/mol. The molecule has 1 aromatic heterocycles. The zero-order valence-electron chi connectivity index (χ0n) is 13.3. The van der Waals surface area contributed by atoms with Crippen LogP contribution in [0.15, 0.2) is 53.3 Å². The van der Waals surface area contributed by atoms with Gasteiger partial charge in [-0.1, -0.05) is 6.07 Å². The van der Waals surface area contributed by atoms with E-state index in [1.165, 1.54) is 24.3 Å². The van der Waals surface area contributed by atoms with E-state index >= 15 is 0 Å². The number of amides is 1. The van der Waals surface area contributed by atoms with Crippen LogP contribution in [0.5, 0.6) is 0 Å². The molecule has 7 heteroatoms. The Hall–Kier alpha value is -2.54. The normalized spacial score (nSPS) is 10.7. The quantitative estimate of drug-likeness (QED) is 0.708. The molecule has 0 aliphatic heterocycles. The minimum Gasteiger partial charge on any atom is -0.348 e. The number of nitrogens with one attached hydrogen (secondary N) is 1. The lowest BCUT2D eigenvalue weighted by Crippen LogP contribution is -2.23. The van der Waals surface area contributed by atoms with Crippen molar-refractivity contribution in [2.45, 2.75) is 13.5 Å². The molecule has 4 nitrogen and oxygen atoms in total. The van der Waals surface area contributed by atoms with Gasteiger partial charge in [-0.3, -0.25) is 4.79 Å². The molecule has 2 aromatic carbocycles. The van der Waals surface area contributed by atoms with Crippen LogP contribution in [0.2, 0.25) is 0 Å². The van der Waals surface area contributed by atoms with E-state index in [1.807, 2.05) is 0 Å². The summed E-state index contributed by atoms with van der Waals surface area (Å²) in [4.78, 5) is 16.2. The van der Waals surface area contributed by atoms with Gasteiger partial charge in [0.1, 0.15) is 17.5 Å². The standard InChI is InChI=1S/C18H14BrF2N3O/c1-11-22-6-7-24(11)17-5-2-12(8-16(17)21)10-23-18(25)14-4-3-13(20)9-15(14)19/h2-9H,10H2,1H3,(H,23,25). The zero-order valence-corrected chi connectivity index (χ0v) is 14.8. The number of hydrogen-bond donors (Lipinski definition) is 1. The SMILES string of the molecule is Cc1nccn1-c1ccc(CNC(=O)c2ccc(F)cc2Br)cc1F. The predicted molar refractivity (Wildman–Crippen MR) is 93.5 cm³/mol. The molecular formula is C18H14BrF2N3O. The molecule has 1 heterocycles. The van der Waals surface area contributed by atoms with Crippen molar-refractivity contribution in [3.8, 4) is 5.69 Å². The highest BCUT2D eigenvalue weighted by Gasteiger charge is 2.12. The van der Waals surface area contributed by atoms with E-state index in [0.29, 0.717) is 27.1 Å². The second-order valence-corrected chi connectivity index (χ2v) is 6.29. The minimum absolute atomic E-state index is 0.156. The number of halogens is 3. The summed E-state index contributed by atoms with van der Waals surface area (Å²) in [6.07, 6.45) is 3.28. The second kappa shape index (κ2) is 7.14. The van der Waals surface area contributed by atoms with E-state index in [2.05, 4.69) is 26.2 Å². The molecule has 1 amide bonds. The summed E-state index contributed by atoms with van der Waals surface area (Å²) in [5, 5.41) is 2.69. The van der Waals surface area contributed by atoms with E-state index in [9.17, 15) is 13.6 Å². The number of rotatable bonds is 4. The van der Waals surface area contributed by atoms with Crippen LogP contribution >= 0.6 is 15.9 Å². The van der Waals surface area contributed by atoms with Crippen molar-refractivity contribution in [2.24, 2.45) is 0 Å². The first-order valence-corrected chi connectivity index (χ1v) is 8.27. The van der Waals surface area contributed by atoms with Crippen LogP contribution in [0.1, 0.15) is 21.7 Å². The van der Waals surface area contributed by atoms with Gasteiger partial charge in [-0.25, -0.2) is 13.8 Å². The van der Waals surface area contributed by atoms with Gasteiger partial charge in [0.2, 0.25) is 0 Å². The Kier molecular flexibility index (Phi) is 4.94. The smallest absolute Gasteiger partial charge is 0.252 e. The van der Waals surface area contributed by atoms with Crippen molar-refractivity contribution in [3.05, 3.63) is 81.9 Å². The van der Waals surface area contributed by atoms with Crippen molar-refractivity contribution in [1.82, 2.24) is 14.9 Å². The highest BCUT2D eigenvalue weighted by molar-refractivity contribution is 9.10. The summed E-state index contributed by atoms with van der Waals surface area (Å²) in [6.45, 7) is 1.94. The van der Waals surface area contributed by atoms with Crippen molar-refractivity contribution >= 4 is 21.8 Å².